The van der Waals surface area contributed by atoms with Crippen LogP contribution in [0.1, 0.15) is 5.56 Å². The number of pyridine rings is 2. The molecule has 2 N–H and O–H groups in total. The number of hydrogen-bond acceptors (Lipinski definition) is 5. The van der Waals surface area contributed by atoms with E-state index in [-0.39, 0.29) is 6.03 Å². The maximum absolute atomic E-state index is 12.3. The van der Waals surface area contributed by atoms with Crippen LogP contribution in [0.15, 0.2) is 67.5 Å². The van der Waals surface area contributed by atoms with Crippen LogP contribution < -0.4 is 10.6 Å². The van der Waals surface area contributed by atoms with Crippen LogP contribution in [0.2, 0.25) is 0 Å². The summed E-state index contributed by atoms with van der Waals surface area (Å²) in [5.74, 6) is 0.495. The SMILES string of the molecule is O=C(NCc1ccnc2ccccc12)Nc1cccnc1-n1cncn1. The Bertz CT molecular complexity index is 1040. The Kier molecular flexibility index (Phi) is 4.21. The van der Waals surface area contributed by atoms with Crippen LogP contribution in [0.5, 0.6) is 0 Å². The van der Waals surface area contributed by atoms with Gasteiger partial charge in [-0.2, -0.15) is 5.10 Å². The molecule has 2 amide bonds. The first-order valence-electron chi connectivity index (χ1n) is 7.99. The molecule has 8 nitrogen and oxygen atoms in total. The van der Waals surface area contributed by atoms with Gasteiger partial charge >= 0.3 is 6.03 Å². The van der Waals surface area contributed by atoms with E-state index in [0.29, 0.717) is 18.1 Å². The van der Waals surface area contributed by atoms with Crippen LogP contribution in [0.4, 0.5) is 10.5 Å². The number of carbonyl (C=O) groups excluding carboxylic acids is 1. The molecule has 128 valence electrons. The summed E-state index contributed by atoms with van der Waals surface area (Å²) >= 11 is 0. The topological polar surface area (TPSA) is 97.6 Å². The standard InChI is InChI=1S/C18H15N7O/c26-18(22-10-13-7-9-20-15-5-2-1-4-14(13)15)24-16-6-3-8-21-17(16)25-12-19-11-23-25/h1-9,11-12H,10H2,(H2,22,24,26). The maximum atomic E-state index is 12.3. The molecule has 0 fully saturated rings. The number of amides is 2. The van der Waals surface area contributed by atoms with E-state index in [1.165, 1.54) is 17.3 Å². The first-order chi connectivity index (χ1) is 12.8. The monoisotopic (exact) mass is 345 g/mol. The Hall–Kier alpha value is -3.81. The fraction of sp³-hybridized carbons (Fsp3) is 0.0556. The summed E-state index contributed by atoms with van der Waals surface area (Å²) in [5, 5.41) is 10.7. The second kappa shape index (κ2) is 6.98. The lowest BCUT2D eigenvalue weighted by molar-refractivity contribution is 0.252. The zero-order valence-corrected chi connectivity index (χ0v) is 13.7. The van der Waals surface area contributed by atoms with E-state index in [0.717, 1.165) is 16.5 Å². The minimum atomic E-state index is -0.333. The molecule has 1 aromatic carbocycles. The molecule has 26 heavy (non-hydrogen) atoms. The first-order valence-corrected chi connectivity index (χ1v) is 7.99. The molecule has 4 rings (SSSR count). The molecule has 0 aliphatic heterocycles. The summed E-state index contributed by atoms with van der Waals surface area (Å²) in [6.45, 7) is 0.383. The highest BCUT2D eigenvalue weighted by molar-refractivity contribution is 5.91. The summed E-state index contributed by atoms with van der Waals surface area (Å²) in [4.78, 5) is 24.8. The zero-order valence-electron chi connectivity index (χ0n) is 13.7. The number of fused-ring (bicyclic) bond motifs is 1. The van der Waals surface area contributed by atoms with Gasteiger partial charge in [-0.05, 0) is 29.8 Å². The molecule has 8 heteroatoms. The van der Waals surface area contributed by atoms with Gasteiger partial charge in [0.25, 0.3) is 0 Å². The van der Waals surface area contributed by atoms with Crippen LogP contribution in [0.25, 0.3) is 16.7 Å². The third-order valence-electron chi connectivity index (χ3n) is 3.85. The molecule has 0 atom stereocenters. The highest BCUT2D eigenvalue weighted by Crippen LogP contribution is 2.17. The van der Waals surface area contributed by atoms with Crippen molar-refractivity contribution in [2.75, 3.05) is 5.32 Å². The summed E-state index contributed by atoms with van der Waals surface area (Å²) in [7, 11) is 0. The minimum Gasteiger partial charge on any atom is -0.334 e. The van der Waals surface area contributed by atoms with Crippen molar-refractivity contribution in [2.24, 2.45) is 0 Å². The lowest BCUT2D eigenvalue weighted by Crippen LogP contribution is -2.29. The average Bonchev–Trinajstić information content (AvgIpc) is 3.21. The third-order valence-corrected chi connectivity index (χ3v) is 3.85. The Morgan fingerprint density at radius 2 is 1.96 bits per heavy atom. The van der Waals surface area contributed by atoms with E-state index in [1.807, 2.05) is 30.3 Å². The van der Waals surface area contributed by atoms with Gasteiger partial charge in [0, 0.05) is 24.3 Å². The summed E-state index contributed by atoms with van der Waals surface area (Å²) < 4.78 is 1.49. The predicted octanol–water partition coefficient (Wildman–Crippen LogP) is 2.53. The number of carbonyl (C=O) groups is 1. The van der Waals surface area contributed by atoms with E-state index in [1.54, 1.807) is 24.5 Å². The molecule has 0 aliphatic carbocycles. The van der Waals surface area contributed by atoms with E-state index in [9.17, 15) is 4.79 Å². The fourth-order valence-electron chi connectivity index (χ4n) is 2.65. The second-order valence-electron chi connectivity index (χ2n) is 5.51. The molecule has 0 spiro atoms. The quantitative estimate of drug-likeness (QED) is 0.592. The van der Waals surface area contributed by atoms with Crippen LogP contribution >= 0.6 is 0 Å². The Morgan fingerprint density at radius 1 is 1.04 bits per heavy atom. The van der Waals surface area contributed by atoms with Gasteiger partial charge in [-0.1, -0.05) is 18.2 Å². The van der Waals surface area contributed by atoms with E-state index >= 15 is 0 Å². The normalized spacial score (nSPS) is 10.6. The van der Waals surface area contributed by atoms with Crippen molar-refractivity contribution in [1.29, 1.82) is 0 Å². The number of para-hydroxylation sites is 1. The van der Waals surface area contributed by atoms with Gasteiger partial charge in [0.1, 0.15) is 12.7 Å². The highest BCUT2D eigenvalue weighted by atomic mass is 16.2. The lowest BCUT2D eigenvalue weighted by atomic mass is 10.1. The van der Waals surface area contributed by atoms with Crippen molar-refractivity contribution < 1.29 is 4.79 Å². The molecule has 0 aliphatic rings. The van der Waals surface area contributed by atoms with Gasteiger partial charge in [0.05, 0.1) is 11.2 Å². The molecular weight excluding hydrogens is 330 g/mol. The number of anilines is 1. The van der Waals surface area contributed by atoms with Crippen LogP contribution in [-0.4, -0.2) is 30.8 Å². The van der Waals surface area contributed by atoms with Gasteiger partial charge in [0.15, 0.2) is 5.82 Å². The number of urea groups is 1. The minimum absolute atomic E-state index is 0.333. The van der Waals surface area contributed by atoms with Crippen molar-refractivity contribution in [1.82, 2.24) is 30.0 Å². The number of nitrogens with one attached hydrogen (secondary N) is 2. The van der Waals surface area contributed by atoms with Gasteiger partial charge in [-0.15, -0.1) is 0 Å². The molecule has 0 radical (unpaired) electrons. The van der Waals surface area contributed by atoms with Gasteiger partial charge < -0.3 is 10.6 Å². The molecule has 3 heterocycles. The van der Waals surface area contributed by atoms with Crippen molar-refractivity contribution >= 4 is 22.6 Å². The van der Waals surface area contributed by atoms with E-state index in [4.69, 9.17) is 0 Å². The van der Waals surface area contributed by atoms with Gasteiger partial charge in [-0.3, -0.25) is 4.98 Å². The summed E-state index contributed by atoms with van der Waals surface area (Å²) in [6.07, 6.45) is 6.30. The van der Waals surface area contributed by atoms with Crippen LogP contribution in [0, 0.1) is 0 Å². The highest BCUT2D eigenvalue weighted by Gasteiger charge is 2.10. The Labute approximate surface area is 148 Å². The van der Waals surface area contributed by atoms with E-state index in [2.05, 4.69) is 30.7 Å². The molecule has 0 unspecified atom stereocenters. The Balaban J connectivity index is 1.48. The first kappa shape index (κ1) is 15.7. The number of rotatable bonds is 4. The maximum Gasteiger partial charge on any atom is 0.319 e. The summed E-state index contributed by atoms with van der Waals surface area (Å²) in [6, 6.07) is 12.9. The van der Waals surface area contributed by atoms with Gasteiger partial charge in [-0.25, -0.2) is 19.4 Å². The number of aromatic nitrogens is 5. The molecular formula is C18H15N7O. The van der Waals surface area contributed by atoms with E-state index < -0.39 is 0 Å². The second-order valence-corrected chi connectivity index (χ2v) is 5.51. The van der Waals surface area contributed by atoms with Crippen molar-refractivity contribution in [3.05, 3.63) is 73.1 Å². The fourth-order valence-corrected chi connectivity index (χ4v) is 2.65. The molecule has 4 aromatic rings. The number of benzene rings is 1. The average molecular weight is 345 g/mol. The number of hydrogen-bond donors (Lipinski definition) is 2. The van der Waals surface area contributed by atoms with Crippen molar-refractivity contribution in [3.8, 4) is 5.82 Å². The third kappa shape index (κ3) is 3.20. The molecule has 3 aromatic heterocycles. The Morgan fingerprint density at radius 3 is 2.85 bits per heavy atom. The van der Waals surface area contributed by atoms with Crippen molar-refractivity contribution in [2.45, 2.75) is 6.54 Å². The molecule has 0 saturated carbocycles. The largest absolute Gasteiger partial charge is 0.334 e. The lowest BCUT2D eigenvalue weighted by Gasteiger charge is -2.11. The predicted molar refractivity (Wildman–Crippen MR) is 96.8 cm³/mol. The number of nitrogens with zero attached hydrogens (tertiary/aromatic N) is 5. The van der Waals surface area contributed by atoms with Crippen LogP contribution in [-0.2, 0) is 6.54 Å². The van der Waals surface area contributed by atoms with Gasteiger partial charge in [0.2, 0.25) is 0 Å². The molecule has 0 bridgehead atoms. The zero-order chi connectivity index (χ0) is 17.8. The summed E-state index contributed by atoms with van der Waals surface area (Å²) in [5.41, 5.74) is 2.43. The van der Waals surface area contributed by atoms with Crippen LogP contribution in [0.3, 0.4) is 0 Å². The van der Waals surface area contributed by atoms with Crippen molar-refractivity contribution in [3.63, 3.8) is 0 Å². The smallest absolute Gasteiger partial charge is 0.319 e. The molecule has 0 saturated heterocycles.